The van der Waals surface area contributed by atoms with E-state index in [4.69, 9.17) is 0 Å². The molecule has 0 saturated heterocycles. The lowest BCUT2D eigenvalue weighted by molar-refractivity contribution is -0.122. The summed E-state index contributed by atoms with van der Waals surface area (Å²) >= 11 is 0. The fourth-order valence-corrected chi connectivity index (χ4v) is 2.12. The number of ketones is 1. The predicted molar refractivity (Wildman–Crippen MR) is 67.2 cm³/mol. The van der Waals surface area contributed by atoms with Gasteiger partial charge in [0.15, 0.2) is 0 Å². The van der Waals surface area contributed by atoms with Crippen molar-refractivity contribution in [2.45, 2.75) is 32.6 Å². The van der Waals surface area contributed by atoms with E-state index in [1.54, 1.807) is 0 Å². The van der Waals surface area contributed by atoms with Crippen LogP contribution < -0.4 is 0 Å². The molecule has 84 valence electrons. The van der Waals surface area contributed by atoms with Crippen LogP contribution >= 0.6 is 0 Å². The number of hydrogen-bond donors (Lipinski definition) is 0. The summed E-state index contributed by atoms with van der Waals surface area (Å²) in [7, 11) is 0. The summed E-state index contributed by atoms with van der Waals surface area (Å²) in [5.41, 5.74) is 2.45. The van der Waals surface area contributed by atoms with E-state index in [-0.39, 0.29) is 5.92 Å². The molecule has 0 aliphatic heterocycles. The minimum absolute atomic E-state index is 0.162. The van der Waals surface area contributed by atoms with Gasteiger partial charge in [0.05, 0.1) is 0 Å². The Balaban J connectivity index is 2.02. The van der Waals surface area contributed by atoms with Crippen LogP contribution in [-0.4, -0.2) is 5.78 Å². The summed E-state index contributed by atoms with van der Waals surface area (Å²) < 4.78 is 0. The van der Waals surface area contributed by atoms with Crippen molar-refractivity contribution >= 4 is 11.9 Å². The number of aryl methyl sites for hydroxylation is 1. The highest BCUT2D eigenvalue weighted by Gasteiger charge is 2.18. The van der Waals surface area contributed by atoms with Gasteiger partial charge < -0.3 is 0 Å². The number of hydrogen-bond acceptors (Lipinski definition) is 1. The average molecular weight is 214 g/mol. The second-order valence-electron chi connectivity index (χ2n) is 4.59. The molecule has 0 bridgehead atoms. The van der Waals surface area contributed by atoms with Gasteiger partial charge in [-0.1, -0.05) is 48.4 Å². The van der Waals surface area contributed by atoms with Crippen LogP contribution in [0.5, 0.6) is 0 Å². The molecule has 1 aromatic rings. The topological polar surface area (TPSA) is 17.1 Å². The normalized spacial score (nSPS) is 21.6. The van der Waals surface area contributed by atoms with E-state index in [9.17, 15) is 4.79 Å². The van der Waals surface area contributed by atoms with Gasteiger partial charge in [0.2, 0.25) is 0 Å². The van der Waals surface area contributed by atoms with Gasteiger partial charge in [-0.15, -0.1) is 0 Å². The maximum Gasteiger partial charge on any atom is 0.139 e. The van der Waals surface area contributed by atoms with Gasteiger partial charge >= 0.3 is 0 Å². The quantitative estimate of drug-likeness (QED) is 0.732. The molecule has 0 spiro atoms. The Bertz CT molecular complexity index is 386. The first-order valence-electron chi connectivity index (χ1n) is 6.03. The number of Topliss-reactive ketones (excluding diaryl/α,β-unsaturated/α-hetero) is 1. The highest BCUT2D eigenvalue weighted by molar-refractivity contribution is 5.84. The van der Waals surface area contributed by atoms with Gasteiger partial charge in [-0.25, -0.2) is 0 Å². The van der Waals surface area contributed by atoms with E-state index in [0.717, 1.165) is 19.3 Å². The summed E-state index contributed by atoms with van der Waals surface area (Å²) in [6, 6.07) is 8.39. The fourth-order valence-electron chi connectivity index (χ4n) is 2.12. The number of carbonyl (C=O) groups excluding carboxylic acids is 1. The first-order valence-corrected chi connectivity index (χ1v) is 6.03. The van der Waals surface area contributed by atoms with Crippen molar-refractivity contribution in [3.63, 3.8) is 0 Å². The Morgan fingerprint density at radius 2 is 1.94 bits per heavy atom. The molecule has 0 aromatic heterocycles. The Morgan fingerprint density at radius 1 is 1.19 bits per heavy atom. The third kappa shape index (κ3) is 2.82. The number of allylic oxidation sites excluding steroid dienone is 1. The first kappa shape index (κ1) is 11.1. The summed E-state index contributed by atoms with van der Waals surface area (Å²) in [5.74, 6) is 0.574. The lowest BCUT2D eigenvalue weighted by atomic mass is 9.87. The Labute approximate surface area is 97.2 Å². The van der Waals surface area contributed by atoms with Crippen LogP contribution in [0.4, 0.5) is 0 Å². The third-order valence-corrected chi connectivity index (χ3v) is 3.20. The van der Waals surface area contributed by atoms with Gasteiger partial charge in [0.1, 0.15) is 5.78 Å². The molecule has 1 unspecified atom stereocenters. The van der Waals surface area contributed by atoms with Crippen molar-refractivity contribution < 1.29 is 4.79 Å². The van der Waals surface area contributed by atoms with E-state index >= 15 is 0 Å². The van der Waals surface area contributed by atoms with Crippen molar-refractivity contribution in [1.82, 2.24) is 0 Å². The molecule has 1 aliphatic rings. The van der Waals surface area contributed by atoms with Crippen molar-refractivity contribution in [2.24, 2.45) is 5.92 Å². The Morgan fingerprint density at radius 3 is 2.62 bits per heavy atom. The second kappa shape index (κ2) is 5.11. The molecule has 16 heavy (non-hydrogen) atoms. The molecule has 1 nitrogen and oxygen atoms in total. The molecule has 0 heterocycles. The third-order valence-electron chi connectivity index (χ3n) is 3.20. The number of benzene rings is 1. The molecule has 2 rings (SSSR count). The van der Waals surface area contributed by atoms with Gasteiger partial charge in [0.25, 0.3) is 0 Å². The van der Waals surface area contributed by atoms with Crippen molar-refractivity contribution in [2.75, 3.05) is 0 Å². The van der Waals surface area contributed by atoms with Gasteiger partial charge in [-0.3, -0.25) is 4.79 Å². The molecule has 0 radical (unpaired) electrons. The molecule has 0 amide bonds. The Kier molecular flexibility index (Phi) is 3.55. The van der Waals surface area contributed by atoms with Crippen molar-refractivity contribution in [3.8, 4) is 0 Å². The monoisotopic (exact) mass is 214 g/mol. The van der Waals surface area contributed by atoms with Crippen LogP contribution in [0.15, 0.2) is 30.3 Å². The first-order chi connectivity index (χ1) is 7.75. The lowest BCUT2D eigenvalue weighted by Gasteiger charge is -2.16. The molecule has 0 N–H and O–H groups in total. The SMILES string of the molecule is Cc1ccc(/C=C/C2CCCCC2=O)cc1. The summed E-state index contributed by atoms with van der Waals surface area (Å²) in [5, 5.41) is 0. The standard InChI is InChI=1S/C15H18O/c1-12-6-8-13(9-7-12)10-11-14-4-2-3-5-15(14)16/h6-11,14H,2-5H2,1H3/b11-10+. The van der Waals surface area contributed by atoms with Crippen LogP contribution in [0.25, 0.3) is 6.08 Å². The fraction of sp³-hybridized carbons (Fsp3) is 0.400. The zero-order valence-corrected chi connectivity index (χ0v) is 9.78. The summed E-state index contributed by atoms with van der Waals surface area (Å²) in [6.07, 6.45) is 8.21. The van der Waals surface area contributed by atoms with Crippen LogP contribution in [-0.2, 0) is 4.79 Å². The van der Waals surface area contributed by atoms with E-state index in [1.165, 1.54) is 17.5 Å². The molecule has 1 saturated carbocycles. The van der Waals surface area contributed by atoms with Gasteiger partial charge in [-0.05, 0) is 25.3 Å². The number of carbonyl (C=O) groups is 1. The average Bonchev–Trinajstić information content (AvgIpc) is 2.30. The largest absolute Gasteiger partial charge is 0.299 e. The zero-order valence-electron chi connectivity index (χ0n) is 9.78. The van der Waals surface area contributed by atoms with Crippen LogP contribution in [0, 0.1) is 12.8 Å². The lowest BCUT2D eigenvalue weighted by Crippen LogP contribution is -2.16. The van der Waals surface area contributed by atoms with Crippen LogP contribution in [0.3, 0.4) is 0 Å². The molecule has 1 heteroatoms. The molecule has 1 aliphatic carbocycles. The zero-order chi connectivity index (χ0) is 11.4. The summed E-state index contributed by atoms with van der Waals surface area (Å²) in [6.45, 7) is 2.08. The van der Waals surface area contributed by atoms with Gasteiger partial charge in [0, 0.05) is 12.3 Å². The molecule has 1 aromatic carbocycles. The highest BCUT2D eigenvalue weighted by atomic mass is 16.1. The maximum absolute atomic E-state index is 11.6. The molecular weight excluding hydrogens is 196 g/mol. The minimum Gasteiger partial charge on any atom is -0.299 e. The maximum atomic E-state index is 11.6. The van der Waals surface area contributed by atoms with E-state index < -0.39 is 0 Å². The van der Waals surface area contributed by atoms with Crippen LogP contribution in [0.2, 0.25) is 0 Å². The van der Waals surface area contributed by atoms with E-state index in [0.29, 0.717) is 5.78 Å². The summed E-state index contributed by atoms with van der Waals surface area (Å²) in [4.78, 5) is 11.6. The predicted octanol–water partition coefficient (Wildman–Crippen LogP) is 3.77. The van der Waals surface area contributed by atoms with E-state index in [2.05, 4.69) is 43.3 Å². The molecule has 1 fully saturated rings. The van der Waals surface area contributed by atoms with Gasteiger partial charge in [-0.2, -0.15) is 0 Å². The van der Waals surface area contributed by atoms with E-state index in [1.807, 2.05) is 0 Å². The minimum atomic E-state index is 0.162. The van der Waals surface area contributed by atoms with Crippen LogP contribution in [0.1, 0.15) is 36.8 Å². The van der Waals surface area contributed by atoms with Crippen molar-refractivity contribution in [3.05, 3.63) is 41.5 Å². The highest BCUT2D eigenvalue weighted by Crippen LogP contribution is 2.22. The smallest absolute Gasteiger partial charge is 0.139 e. The second-order valence-corrected chi connectivity index (χ2v) is 4.59. The Hall–Kier alpha value is -1.37. The van der Waals surface area contributed by atoms with Crippen molar-refractivity contribution in [1.29, 1.82) is 0 Å². The molecule has 1 atom stereocenters. The molecular formula is C15H18O. The number of rotatable bonds is 2.